The van der Waals surface area contributed by atoms with Gasteiger partial charge in [0.15, 0.2) is 0 Å². The topological polar surface area (TPSA) is 38.1 Å². The van der Waals surface area contributed by atoms with Gasteiger partial charge in [-0.1, -0.05) is 27.7 Å². The number of aryl methyl sites for hydroxylation is 2. The predicted octanol–water partition coefficient (Wildman–Crippen LogP) is 4.23. The highest BCUT2D eigenvalue weighted by atomic mass is 32.1. The van der Waals surface area contributed by atoms with Crippen molar-refractivity contribution in [2.75, 3.05) is 6.54 Å². The number of aromatic nitrogens is 2. The lowest BCUT2D eigenvalue weighted by Gasteiger charge is -2.31. The van der Waals surface area contributed by atoms with Crippen LogP contribution in [0, 0.1) is 12.8 Å². The van der Waals surface area contributed by atoms with Gasteiger partial charge >= 0.3 is 0 Å². The summed E-state index contributed by atoms with van der Waals surface area (Å²) < 4.78 is 1.87. The summed E-state index contributed by atoms with van der Waals surface area (Å²) in [4.78, 5) is 17.0. The van der Waals surface area contributed by atoms with Crippen LogP contribution in [-0.2, 0) is 7.05 Å². The molecule has 0 aliphatic carbocycles. The fourth-order valence-corrected chi connectivity index (χ4v) is 4.05. The minimum absolute atomic E-state index is 0.169. The highest BCUT2D eigenvalue weighted by Crippen LogP contribution is 2.29. The molecule has 0 bridgehead atoms. The van der Waals surface area contributed by atoms with Gasteiger partial charge in [-0.25, -0.2) is 0 Å². The molecule has 2 aromatic rings. The lowest BCUT2D eigenvalue weighted by atomic mass is 10.1. The van der Waals surface area contributed by atoms with Gasteiger partial charge in [-0.3, -0.25) is 9.48 Å². The first kappa shape index (κ1) is 17.0. The van der Waals surface area contributed by atoms with Crippen molar-refractivity contribution in [2.24, 2.45) is 13.0 Å². The molecule has 0 spiro atoms. The second-order valence-electron chi connectivity index (χ2n) is 6.36. The van der Waals surface area contributed by atoms with Crippen LogP contribution in [0.3, 0.4) is 0 Å². The Hall–Kier alpha value is -1.36. The summed E-state index contributed by atoms with van der Waals surface area (Å²) in [6, 6.07) is 2.33. The maximum atomic E-state index is 13.0. The molecule has 0 aromatic carbocycles. The van der Waals surface area contributed by atoms with Crippen LogP contribution in [0.1, 0.15) is 55.9 Å². The van der Waals surface area contributed by atoms with Gasteiger partial charge in [0.2, 0.25) is 0 Å². The van der Waals surface area contributed by atoms with Crippen molar-refractivity contribution in [2.45, 2.75) is 53.5 Å². The van der Waals surface area contributed by atoms with Crippen LogP contribution in [0.15, 0.2) is 6.07 Å². The minimum Gasteiger partial charge on any atom is -0.335 e. The lowest BCUT2D eigenvalue weighted by molar-refractivity contribution is 0.0645. The highest BCUT2D eigenvalue weighted by molar-refractivity contribution is 7.20. The average Bonchev–Trinajstić information content (AvgIpc) is 3.00. The number of rotatable bonds is 6. The van der Waals surface area contributed by atoms with E-state index in [2.05, 4.69) is 37.7 Å². The number of carbonyl (C=O) groups excluding carboxylic acids is 1. The van der Waals surface area contributed by atoms with Crippen molar-refractivity contribution in [3.63, 3.8) is 0 Å². The molecule has 0 radical (unpaired) electrons. The summed E-state index contributed by atoms with van der Waals surface area (Å²) in [7, 11) is 1.94. The third-order valence-electron chi connectivity index (χ3n) is 4.11. The average molecular weight is 321 g/mol. The fourth-order valence-electron chi connectivity index (χ4n) is 2.97. The van der Waals surface area contributed by atoms with Crippen LogP contribution in [0.5, 0.6) is 0 Å². The Morgan fingerprint density at radius 3 is 2.50 bits per heavy atom. The van der Waals surface area contributed by atoms with E-state index in [9.17, 15) is 4.79 Å². The Bertz CT molecular complexity index is 618. The monoisotopic (exact) mass is 321 g/mol. The molecule has 0 N–H and O–H groups in total. The number of thiophene rings is 1. The normalized spacial score (nSPS) is 11.8. The first-order valence-electron chi connectivity index (χ1n) is 8.13. The zero-order chi connectivity index (χ0) is 16.4. The van der Waals surface area contributed by atoms with Crippen molar-refractivity contribution < 1.29 is 4.79 Å². The second-order valence-corrected chi connectivity index (χ2v) is 7.39. The van der Waals surface area contributed by atoms with Gasteiger partial charge in [-0.05, 0) is 31.7 Å². The van der Waals surface area contributed by atoms with Crippen molar-refractivity contribution >= 4 is 27.5 Å². The molecule has 0 fully saturated rings. The molecule has 0 saturated carbocycles. The van der Waals surface area contributed by atoms with E-state index in [0.29, 0.717) is 12.0 Å². The van der Waals surface area contributed by atoms with Gasteiger partial charge in [0.1, 0.15) is 4.83 Å². The van der Waals surface area contributed by atoms with E-state index in [1.54, 1.807) is 11.3 Å². The van der Waals surface area contributed by atoms with Gasteiger partial charge in [0.25, 0.3) is 5.91 Å². The first-order valence-corrected chi connectivity index (χ1v) is 8.94. The summed E-state index contributed by atoms with van der Waals surface area (Å²) >= 11 is 1.56. The summed E-state index contributed by atoms with van der Waals surface area (Å²) in [5, 5.41) is 5.52. The standard InChI is InChI=1S/C17H27N3OS/c1-7-13(8-2)20(10-11(3)4)16(21)15-9-14-12(5)18-19(6)17(14)22-15/h9,11,13H,7-8,10H2,1-6H3. The van der Waals surface area contributed by atoms with E-state index in [0.717, 1.165) is 40.2 Å². The highest BCUT2D eigenvalue weighted by Gasteiger charge is 2.25. The van der Waals surface area contributed by atoms with Crippen molar-refractivity contribution in [3.8, 4) is 0 Å². The van der Waals surface area contributed by atoms with Crippen molar-refractivity contribution in [3.05, 3.63) is 16.6 Å². The van der Waals surface area contributed by atoms with Gasteiger partial charge in [-0.2, -0.15) is 5.10 Å². The van der Waals surface area contributed by atoms with E-state index < -0.39 is 0 Å². The molecule has 0 aliphatic rings. The molecule has 22 heavy (non-hydrogen) atoms. The number of carbonyl (C=O) groups is 1. The third-order valence-corrected chi connectivity index (χ3v) is 5.30. The Kier molecular flexibility index (Phi) is 5.27. The smallest absolute Gasteiger partial charge is 0.264 e. The Balaban J connectivity index is 2.37. The molecular formula is C17H27N3OS. The van der Waals surface area contributed by atoms with E-state index in [1.165, 1.54) is 0 Å². The maximum absolute atomic E-state index is 13.0. The number of nitrogens with zero attached hydrogens (tertiary/aromatic N) is 3. The van der Waals surface area contributed by atoms with Gasteiger partial charge in [0.05, 0.1) is 10.6 Å². The largest absolute Gasteiger partial charge is 0.335 e. The Labute approximate surface area is 137 Å². The molecule has 2 heterocycles. The minimum atomic E-state index is 0.169. The predicted molar refractivity (Wildman–Crippen MR) is 93.6 cm³/mol. The SMILES string of the molecule is CCC(CC)N(CC(C)C)C(=O)c1cc2c(C)nn(C)c2s1. The van der Waals surface area contributed by atoms with Gasteiger partial charge < -0.3 is 4.90 Å². The van der Waals surface area contributed by atoms with Gasteiger partial charge in [0, 0.05) is 25.0 Å². The Morgan fingerprint density at radius 2 is 2.00 bits per heavy atom. The molecule has 4 nitrogen and oxygen atoms in total. The molecule has 0 atom stereocenters. The van der Waals surface area contributed by atoms with Crippen molar-refractivity contribution in [1.29, 1.82) is 0 Å². The lowest BCUT2D eigenvalue weighted by Crippen LogP contribution is -2.41. The molecule has 5 heteroatoms. The summed E-state index contributed by atoms with van der Waals surface area (Å²) in [5.41, 5.74) is 0.991. The number of amides is 1. The quantitative estimate of drug-likeness (QED) is 0.798. The number of fused-ring (bicyclic) bond motifs is 1. The summed E-state index contributed by atoms with van der Waals surface area (Å²) in [6.07, 6.45) is 2.00. The van der Waals surface area contributed by atoms with E-state index >= 15 is 0 Å². The zero-order valence-corrected chi connectivity index (χ0v) is 15.3. The third kappa shape index (κ3) is 3.19. The second kappa shape index (κ2) is 6.82. The molecule has 2 rings (SSSR count). The molecule has 0 saturated heterocycles. The van der Waals surface area contributed by atoms with Gasteiger partial charge in [-0.15, -0.1) is 11.3 Å². The number of hydrogen-bond donors (Lipinski definition) is 0. The molecular weight excluding hydrogens is 294 g/mol. The van der Waals surface area contributed by atoms with Crippen LogP contribution in [0.2, 0.25) is 0 Å². The fraction of sp³-hybridized carbons (Fsp3) is 0.647. The van der Waals surface area contributed by atoms with Crippen LogP contribution in [0.4, 0.5) is 0 Å². The van der Waals surface area contributed by atoms with Crippen LogP contribution in [0.25, 0.3) is 10.2 Å². The number of hydrogen-bond acceptors (Lipinski definition) is 3. The maximum Gasteiger partial charge on any atom is 0.264 e. The molecule has 2 aromatic heterocycles. The van der Waals surface area contributed by atoms with E-state index in [1.807, 2.05) is 24.7 Å². The molecule has 0 aliphatic heterocycles. The van der Waals surface area contributed by atoms with E-state index in [-0.39, 0.29) is 5.91 Å². The zero-order valence-electron chi connectivity index (χ0n) is 14.5. The van der Waals surface area contributed by atoms with Crippen LogP contribution < -0.4 is 0 Å². The molecule has 0 unspecified atom stereocenters. The van der Waals surface area contributed by atoms with Crippen molar-refractivity contribution in [1.82, 2.24) is 14.7 Å². The molecule has 122 valence electrons. The Morgan fingerprint density at radius 1 is 1.36 bits per heavy atom. The van der Waals surface area contributed by atoms with Crippen LogP contribution >= 0.6 is 11.3 Å². The molecule has 1 amide bonds. The van der Waals surface area contributed by atoms with Crippen LogP contribution in [-0.4, -0.2) is 33.2 Å². The first-order chi connectivity index (χ1) is 10.4. The van der Waals surface area contributed by atoms with E-state index in [4.69, 9.17) is 0 Å². The summed E-state index contributed by atoms with van der Waals surface area (Å²) in [5.74, 6) is 0.644. The summed E-state index contributed by atoms with van der Waals surface area (Å²) in [6.45, 7) is 11.5.